The van der Waals surface area contributed by atoms with Crippen LogP contribution in [-0.4, -0.2) is 22.0 Å². The topological polar surface area (TPSA) is 50.2 Å². The minimum absolute atomic E-state index is 0.313. The maximum absolute atomic E-state index is 10.9. The van der Waals surface area contributed by atoms with Crippen molar-refractivity contribution in [1.82, 2.24) is 4.98 Å². The highest BCUT2D eigenvalue weighted by Gasteiger charge is 2.11. The van der Waals surface area contributed by atoms with E-state index in [4.69, 9.17) is 0 Å². The van der Waals surface area contributed by atoms with E-state index in [1.807, 2.05) is 0 Å². The van der Waals surface area contributed by atoms with Gasteiger partial charge in [-0.05, 0) is 23.8 Å². The van der Waals surface area contributed by atoms with Crippen LogP contribution in [0, 0.1) is 0 Å². The molecule has 0 saturated carbocycles. The van der Waals surface area contributed by atoms with E-state index < -0.39 is 6.10 Å². The number of pyridine rings is 1. The van der Waals surface area contributed by atoms with Gasteiger partial charge in [-0.15, -0.1) is 0 Å². The zero-order chi connectivity index (χ0) is 9.68. The van der Waals surface area contributed by atoms with E-state index in [9.17, 15) is 9.90 Å². The third kappa shape index (κ3) is 2.80. The van der Waals surface area contributed by atoms with E-state index in [0.29, 0.717) is 6.42 Å². The summed E-state index contributed by atoms with van der Waals surface area (Å²) in [4.78, 5) is 14.8. The summed E-state index contributed by atoms with van der Waals surface area (Å²) in [6, 6.07) is 3.53. The zero-order valence-electron chi connectivity index (χ0n) is 7.18. The van der Waals surface area contributed by atoms with Gasteiger partial charge in [0.25, 0.3) is 0 Å². The van der Waals surface area contributed by atoms with Gasteiger partial charge < -0.3 is 5.11 Å². The first-order valence-corrected chi connectivity index (χ1v) is 3.97. The number of aromatic nitrogens is 1. The maximum Gasteiger partial charge on any atom is 0.183 e. The fourth-order valence-electron chi connectivity index (χ4n) is 0.979. The number of carbonyl (C=O) groups is 1. The number of hydrogen-bond acceptors (Lipinski definition) is 3. The summed E-state index contributed by atoms with van der Waals surface area (Å²) in [6.45, 7) is 3.30. The van der Waals surface area contributed by atoms with E-state index in [1.54, 1.807) is 24.5 Å². The van der Waals surface area contributed by atoms with Gasteiger partial charge in [0, 0.05) is 18.8 Å². The van der Waals surface area contributed by atoms with E-state index in [-0.39, 0.29) is 5.78 Å². The quantitative estimate of drug-likeness (QED) is 0.690. The monoisotopic (exact) mass is 177 g/mol. The molecule has 1 aromatic rings. The van der Waals surface area contributed by atoms with Crippen molar-refractivity contribution in [3.8, 4) is 0 Å². The third-order valence-corrected chi connectivity index (χ3v) is 1.71. The van der Waals surface area contributed by atoms with Crippen molar-refractivity contribution < 1.29 is 9.90 Å². The summed E-state index contributed by atoms with van der Waals surface area (Å²) < 4.78 is 0. The summed E-state index contributed by atoms with van der Waals surface area (Å²) in [5, 5.41) is 9.33. The molecule has 0 aliphatic heterocycles. The second-order valence-corrected chi connectivity index (χ2v) is 2.68. The molecule has 0 fully saturated rings. The standard InChI is InChI=1S/C10H11NO2/c1-2-9(12)10(13)7-8-3-5-11-6-4-8/h2-6,10,13H,1,7H2. The van der Waals surface area contributed by atoms with Crippen LogP contribution < -0.4 is 0 Å². The lowest BCUT2D eigenvalue weighted by molar-refractivity contribution is -0.122. The number of carbonyl (C=O) groups excluding carboxylic acids is 1. The van der Waals surface area contributed by atoms with E-state index in [1.165, 1.54) is 0 Å². The lowest BCUT2D eigenvalue weighted by Crippen LogP contribution is -2.20. The molecule has 0 spiro atoms. The minimum Gasteiger partial charge on any atom is -0.385 e. The molecule has 0 saturated heterocycles. The van der Waals surface area contributed by atoms with Crippen LogP contribution in [0.15, 0.2) is 37.2 Å². The van der Waals surface area contributed by atoms with Crippen LogP contribution in [0.4, 0.5) is 0 Å². The van der Waals surface area contributed by atoms with Crippen LogP contribution in [0.3, 0.4) is 0 Å². The van der Waals surface area contributed by atoms with Gasteiger partial charge in [-0.3, -0.25) is 9.78 Å². The first-order valence-electron chi connectivity index (χ1n) is 3.97. The summed E-state index contributed by atoms with van der Waals surface area (Å²) in [7, 11) is 0. The van der Waals surface area contributed by atoms with Gasteiger partial charge in [0.2, 0.25) is 0 Å². The first kappa shape index (κ1) is 9.61. The molecule has 1 heterocycles. The van der Waals surface area contributed by atoms with Crippen molar-refractivity contribution in [2.45, 2.75) is 12.5 Å². The Bertz CT molecular complexity index is 295. The number of hydrogen-bond donors (Lipinski definition) is 1. The third-order valence-electron chi connectivity index (χ3n) is 1.71. The van der Waals surface area contributed by atoms with Crippen molar-refractivity contribution in [1.29, 1.82) is 0 Å². The highest BCUT2D eigenvalue weighted by molar-refractivity contribution is 5.92. The summed E-state index contributed by atoms with van der Waals surface area (Å²) in [5.41, 5.74) is 0.887. The minimum atomic E-state index is -0.986. The van der Waals surface area contributed by atoms with Crippen LogP contribution >= 0.6 is 0 Å². The number of nitrogens with zero attached hydrogens (tertiary/aromatic N) is 1. The smallest absolute Gasteiger partial charge is 0.183 e. The molecule has 1 atom stereocenters. The summed E-state index contributed by atoms with van der Waals surface area (Å²) in [5.74, 6) is -0.350. The SMILES string of the molecule is C=CC(=O)C(O)Cc1ccncc1. The fourth-order valence-corrected chi connectivity index (χ4v) is 0.979. The number of aliphatic hydroxyl groups is 1. The Balaban J connectivity index is 2.60. The molecule has 1 rings (SSSR count). The molecular weight excluding hydrogens is 166 g/mol. The number of rotatable bonds is 4. The van der Waals surface area contributed by atoms with Crippen LogP contribution in [0.1, 0.15) is 5.56 Å². The van der Waals surface area contributed by atoms with Gasteiger partial charge in [0.15, 0.2) is 5.78 Å². The van der Waals surface area contributed by atoms with Crippen LogP contribution in [0.25, 0.3) is 0 Å². The van der Waals surface area contributed by atoms with Gasteiger partial charge in [0.05, 0.1) is 0 Å². The van der Waals surface area contributed by atoms with Crippen molar-refractivity contribution in [3.63, 3.8) is 0 Å². The molecule has 3 heteroatoms. The Labute approximate surface area is 76.7 Å². The van der Waals surface area contributed by atoms with Gasteiger partial charge in [-0.25, -0.2) is 0 Å². The predicted octanol–water partition coefficient (Wildman–Crippen LogP) is 0.740. The molecule has 0 aliphatic carbocycles. The summed E-state index contributed by atoms with van der Waals surface area (Å²) >= 11 is 0. The van der Waals surface area contributed by atoms with Gasteiger partial charge in [-0.1, -0.05) is 6.58 Å². The molecular formula is C10H11NO2. The van der Waals surface area contributed by atoms with Crippen LogP contribution in [-0.2, 0) is 11.2 Å². The maximum atomic E-state index is 10.9. The molecule has 0 bridgehead atoms. The van der Waals surface area contributed by atoms with E-state index in [2.05, 4.69) is 11.6 Å². The largest absolute Gasteiger partial charge is 0.385 e. The molecule has 13 heavy (non-hydrogen) atoms. The highest BCUT2D eigenvalue weighted by atomic mass is 16.3. The van der Waals surface area contributed by atoms with Gasteiger partial charge in [-0.2, -0.15) is 0 Å². The predicted molar refractivity (Wildman–Crippen MR) is 49.2 cm³/mol. The molecule has 0 aliphatic rings. The van der Waals surface area contributed by atoms with Crippen molar-refractivity contribution in [2.75, 3.05) is 0 Å². The Morgan fingerprint density at radius 1 is 1.62 bits per heavy atom. The molecule has 0 amide bonds. The zero-order valence-corrected chi connectivity index (χ0v) is 7.18. The first-order chi connectivity index (χ1) is 6.24. The normalized spacial score (nSPS) is 12.1. The lowest BCUT2D eigenvalue weighted by atomic mass is 10.1. The van der Waals surface area contributed by atoms with Crippen molar-refractivity contribution in [3.05, 3.63) is 42.7 Å². The Morgan fingerprint density at radius 2 is 2.23 bits per heavy atom. The fraction of sp³-hybridized carbons (Fsp3) is 0.200. The Morgan fingerprint density at radius 3 is 2.77 bits per heavy atom. The second kappa shape index (κ2) is 4.52. The molecule has 1 N–H and O–H groups in total. The van der Waals surface area contributed by atoms with Gasteiger partial charge >= 0.3 is 0 Å². The van der Waals surface area contributed by atoms with Crippen LogP contribution in [0.5, 0.6) is 0 Å². The van der Waals surface area contributed by atoms with Crippen molar-refractivity contribution >= 4 is 5.78 Å². The van der Waals surface area contributed by atoms with E-state index in [0.717, 1.165) is 11.6 Å². The molecule has 0 radical (unpaired) electrons. The Hall–Kier alpha value is -1.48. The van der Waals surface area contributed by atoms with Gasteiger partial charge in [0.1, 0.15) is 6.10 Å². The Kier molecular flexibility index (Phi) is 3.34. The molecule has 0 aromatic carbocycles. The molecule has 1 aromatic heterocycles. The number of aliphatic hydroxyl groups excluding tert-OH is 1. The second-order valence-electron chi connectivity index (χ2n) is 2.68. The molecule has 68 valence electrons. The van der Waals surface area contributed by atoms with Crippen LogP contribution in [0.2, 0.25) is 0 Å². The molecule has 3 nitrogen and oxygen atoms in total. The summed E-state index contributed by atoms with van der Waals surface area (Å²) in [6.07, 6.45) is 3.71. The van der Waals surface area contributed by atoms with E-state index >= 15 is 0 Å². The number of ketones is 1. The molecule has 1 unspecified atom stereocenters. The average molecular weight is 177 g/mol. The highest BCUT2D eigenvalue weighted by Crippen LogP contribution is 2.02. The lowest BCUT2D eigenvalue weighted by Gasteiger charge is -2.05. The average Bonchev–Trinajstić information content (AvgIpc) is 2.18. The van der Waals surface area contributed by atoms with Crippen molar-refractivity contribution in [2.24, 2.45) is 0 Å².